The molecule has 4 nitrogen and oxygen atoms in total. The van der Waals surface area contributed by atoms with Gasteiger partial charge in [-0.15, -0.1) is 11.3 Å². The SMILES string of the molecule is CCOC(=O)c1c(NC(=O)C(CC)c2ccccc2)sc(C)c1C. The molecular weight excluding hydrogens is 322 g/mol. The van der Waals surface area contributed by atoms with E-state index in [0.29, 0.717) is 23.6 Å². The number of amides is 1. The van der Waals surface area contributed by atoms with Crippen molar-refractivity contribution in [2.75, 3.05) is 11.9 Å². The lowest BCUT2D eigenvalue weighted by Crippen LogP contribution is -2.21. The third kappa shape index (κ3) is 3.85. The number of hydrogen-bond donors (Lipinski definition) is 1. The summed E-state index contributed by atoms with van der Waals surface area (Å²) in [4.78, 5) is 26.0. The highest BCUT2D eigenvalue weighted by molar-refractivity contribution is 7.16. The molecule has 0 saturated heterocycles. The molecule has 2 rings (SSSR count). The first-order chi connectivity index (χ1) is 11.5. The number of esters is 1. The lowest BCUT2D eigenvalue weighted by atomic mass is 9.95. The molecule has 0 radical (unpaired) electrons. The van der Waals surface area contributed by atoms with Crippen molar-refractivity contribution < 1.29 is 14.3 Å². The van der Waals surface area contributed by atoms with Gasteiger partial charge >= 0.3 is 5.97 Å². The second kappa shape index (κ2) is 8.11. The Kier molecular flexibility index (Phi) is 6.15. The van der Waals surface area contributed by atoms with E-state index in [1.807, 2.05) is 51.1 Å². The van der Waals surface area contributed by atoms with E-state index in [2.05, 4.69) is 5.32 Å². The third-order valence-electron chi connectivity index (χ3n) is 4.03. The van der Waals surface area contributed by atoms with Crippen LogP contribution in [0.3, 0.4) is 0 Å². The molecular formula is C19H23NO3S. The molecule has 0 aliphatic heterocycles. The van der Waals surface area contributed by atoms with Crippen LogP contribution in [0.1, 0.15) is 52.5 Å². The smallest absolute Gasteiger partial charge is 0.341 e. The van der Waals surface area contributed by atoms with Crippen molar-refractivity contribution in [3.05, 3.63) is 51.9 Å². The van der Waals surface area contributed by atoms with E-state index in [1.165, 1.54) is 11.3 Å². The van der Waals surface area contributed by atoms with Crippen LogP contribution in [0.25, 0.3) is 0 Å². The van der Waals surface area contributed by atoms with Crippen LogP contribution in [0, 0.1) is 13.8 Å². The quantitative estimate of drug-likeness (QED) is 0.774. The van der Waals surface area contributed by atoms with Crippen LogP contribution >= 0.6 is 11.3 Å². The first kappa shape index (κ1) is 18.2. The lowest BCUT2D eigenvalue weighted by Gasteiger charge is -2.15. The predicted octanol–water partition coefficient (Wildman–Crippen LogP) is 4.67. The van der Waals surface area contributed by atoms with Gasteiger partial charge in [-0.05, 0) is 38.3 Å². The summed E-state index contributed by atoms with van der Waals surface area (Å²) in [6.45, 7) is 7.87. The summed E-state index contributed by atoms with van der Waals surface area (Å²) in [7, 11) is 0. The molecule has 0 saturated carbocycles. The minimum absolute atomic E-state index is 0.101. The third-order valence-corrected chi connectivity index (χ3v) is 5.15. The molecule has 1 N–H and O–H groups in total. The van der Waals surface area contributed by atoms with Crippen molar-refractivity contribution in [1.29, 1.82) is 0 Å². The van der Waals surface area contributed by atoms with E-state index in [1.54, 1.807) is 6.92 Å². The van der Waals surface area contributed by atoms with Gasteiger partial charge in [-0.25, -0.2) is 4.79 Å². The minimum Gasteiger partial charge on any atom is -0.462 e. The Bertz CT molecular complexity index is 722. The van der Waals surface area contributed by atoms with E-state index < -0.39 is 0 Å². The average Bonchev–Trinajstić information content (AvgIpc) is 2.83. The Labute approximate surface area is 146 Å². The maximum atomic E-state index is 12.7. The van der Waals surface area contributed by atoms with Crippen molar-refractivity contribution in [3.8, 4) is 0 Å². The number of ether oxygens (including phenoxy) is 1. The molecule has 128 valence electrons. The van der Waals surface area contributed by atoms with Crippen LogP contribution in [0.2, 0.25) is 0 Å². The second-order valence-corrected chi connectivity index (χ2v) is 6.79. The Morgan fingerprint density at radius 1 is 1.17 bits per heavy atom. The van der Waals surface area contributed by atoms with Gasteiger partial charge in [0.05, 0.1) is 18.1 Å². The molecule has 1 heterocycles. The summed E-state index contributed by atoms with van der Waals surface area (Å²) in [5.41, 5.74) is 2.30. The Morgan fingerprint density at radius 2 is 1.83 bits per heavy atom. The van der Waals surface area contributed by atoms with Crippen LogP contribution in [0.4, 0.5) is 5.00 Å². The molecule has 0 aliphatic rings. The topological polar surface area (TPSA) is 55.4 Å². The van der Waals surface area contributed by atoms with Crippen molar-refractivity contribution in [2.24, 2.45) is 0 Å². The van der Waals surface area contributed by atoms with E-state index in [-0.39, 0.29) is 17.8 Å². The van der Waals surface area contributed by atoms with E-state index in [0.717, 1.165) is 16.0 Å². The van der Waals surface area contributed by atoms with Gasteiger partial charge in [0.2, 0.25) is 5.91 Å². The van der Waals surface area contributed by atoms with Crippen LogP contribution in [0.5, 0.6) is 0 Å². The van der Waals surface area contributed by atoms with Crippen molar-refractivity contribution in [2.45, 2.75) is 40.0 Å². The average molecular weight is 345 g/mol. The van der Waals surface area contributed by atoms with Gasteiger partial charge in [-0.2, -0.15) is 0 Å². The number of carbonyl (C=O) groups is 2. The molecule has 1 atom stereocenters. The Balaban J connectivity index is 2.28. The van der Waals surface area contributed by atoms with Crippen molar-refractivity contribution in [3.63, 3.8) is 0 Å². The fraction of sp³-hybridized carbons (Fsp3) is 0.368. The lowest BCUT2D eigenvalue weighted by molar-refractivity contribution is -0.117. The molecule has 5 heteroatoms. The summed E-state index contributed by atoms with van der Waals surface area (Å²) < 4.78 is 5.13. The number of hydrogen-bond acceptors (Lipinski definition) is 4. The molecule has 0 bridgehead atoms. The van der Waals surface area contributed by atoms with Crippen LogP contribution in [-0.2, 0) is 9.53 Å². The summed E-state index contributed by atoms with van der Waals surface area (Å²) in [5.74, 6) is -0.734. The number of nitrogens with one attached hydrogen (secondary N) is 1. The first-order valence-corrected chi connectivity index (χ1v) is 8.94. The molecule has 0 fully saturated rings. The number of anilines is 1. The number of carbonyl (C=O) groups excluding carboxylic acids is 2. The van der Waals surface area contributed by atoms with Gasteiger partial charge in [-0.1, -0.05) is 37.3 Å². The fourth-order valence-corrected chi connectivity index (χ4v) is 3.67. The molecule has 1 amide bonds. The fourth-order valence-electron chi connectivity index (χ4n) is 2.62. The van der Waals surface area contributed by atoms with Gasteiger partial charge in [-0.3, -0.25) is 4.79 Å². The van der Waals surface area contributed by atoms with Crippen LogP contribution in [0.15, 0.2) is 30.3 Å². The van der Waals surface area contributed by atoms with Crippen molar-refractivity contribution >= 4 is 28.2 Å². The molecule has 2 aromatic rings. The highest BCUT2D eigenvalue weighted by Gasteiger charge is 2.25. The highest BCUT2D eigenvalue weighted by atomic mass is 32.1. The number of aryl methyl sites for hydroxylation is 1. The zero-order chi connectivity index (χ0) is 17.7. The van der Waals surface area contributed by atoms with Gasteiger partial charge in [0, 0.05) is 4.88 Å². The Hall–Kier alpha value is -2.14. The minimum atomic E-state index is -0.387. The molecule has 1 aromatic carbocycles. The molecule has 24 heavy (non-hydrogen) atoms. The van der Waals surface area contributed by atoms with E-state index in [9.17, 15) is 9.59 Å². The molecule has 1 aromatic heterocycles. The maximum absolute atomic E-state index is 12.7. The highest BCUT2D eigenvalue weighted by Crippen LogP contribution is 2.34. The molecule has 0 spiro atoms. The zero-order valence-electron chi connectivity index (χ0n) is 14.5. The van der Waals surface area contributed by atoms with Gasteiger partial charge in [0.1, 0.15) is 5.00 Å². The van der Waals surface area contributed by atoms with Gasteiger partial charge < -0.3 is 10.1 Å². The van der Waals surface area contributed by atoms with E-state index >= 15 is 0 Å². The van der Waals surface area contributed by atoms with Crippen molar-refractivity contribution in [1.82, 2.24) is 0 Å². The summed E-state index contributed by atoms with van der Waals surface area (Å²) >= 11 is 1.41. The number of rotatable bonds is 6. The standard InChI is InChI=1S/C19H23NO3S/c1-5-15(14-10-8-7-9-11-14)17(21)20-18-16(19(22)23-6-2)12(3)13(4)24-18/h7-11,15H,5-6H2,1-4H3,(H,20,21). The van der Waals surface area contributed by atoms with E-state index in [4.69, 9.17) is 4.74 Å². The molecule has 1 unspecified atom stereocenters. The predicted molar refractivity (Wildman–Crippen MR) is 97.9 cm³/mol. The van der Waals surface area contributed by atoms with Crippen LogP contribution in [-0.4, -0.2) is 18.5 Å². The number of thiophene rings is 1. The second-order valence-electron chi connectivity index (χ2n) is 5.57. The summed E-state index contributed by atoms with van der Waals surface area (Å²) in [5, 5.41) is 3.51. The van der Waals surface area contributed by atoms with Gasteiger partial charge in [0.15, 0.2) is 0 Å². The van der Waals surface area contributed by atoms with Gasteiger partial charge in [0.25, 0.3) is 0 Å². The van der Waals surface area contributed by atoms with Crippen LogP contribution < -0.4 is 5.32 Å². The monoisotopic (exact) mass is 345 g/mol. The first-order valence-electron chi connectivity index (χ1n) is 8.12. The number of benzene rings is 1. The summed E-state index contributed by atoms with van der Waals surface area (Å²) in [6, 6.07) is 9.68. The zero-order valence-corrected chi connectivity index (χ0v) is 15.3. The maximum Gasteiger partial charge on any atom is 0.341 e. The molecule has 0 aliphatic carbocycles. The summed E-state index contributed by atoms with van der Waals surface area (Å²) in [6.07, 6.45) is 0.688. The Morgan fingerprint density at radius 3 is 2.42 bits per heavy atom. The normalized spacial score (nSPS) is 11.8. The largest absolute Gasteiger partial charge is 0.462 e.